The molecule has 22 heavy (non-hydrogen) atoms. The zero-order valence-corrected chi connectivity index (χ0v) is 12.3. The number of benzene rings is 1. The summed E-state index contributed by atoms with van der Waals surface area (Å²) in [4.78, 5) is 4.48. The molecule has 0 spiro atoms. The number of nitrogens with two attached hydrogens (primary N) is 1. The lowest BCUT2D eigenvalue weighted by Crippen LogP contribution is -2.23. The van der Waals surface area contributed by atoms with E-state index in [1.165, 1.54) is 6.07 Å². The fourth-order valence-corrected chi connectivity index (χ4v) is 2.98. The summed E-state index contributed by atoms with van der Waals surface area (Å²) >= 11 is 0. The lowest BCUT2D eigenvalue weighted by molar-refractivity contribution is 0.280. The molecule has 0 saturated heterocycles. The van der Waals surface area contributed by atoms with Gasteiger partial charge in [-0.1, -0.05) is 31.5 Å². The van der Waals surface area contributed by atoms with Crippen molar-refractivity contribution in [3.8, 4) is 6.07 Å². The molecule has 2 N–H and O–H groups in total. The molecule has 0 amide bonds. The van der Waals surface area contributed by atoms with E-state index < -0.39 is 5.92 Å². The van der Waals surface area contributed by atoms with Crippen molar-refractivity contribution in [2.24, 2.45) is 10.7 Å². The Kier molecular flexibility index (Phi) is 3.68. The van der Waals surface area contributed by atoms with Crippen molar-refractivity contribution in [3.63, 3.8) is 0 Å². The third-order valence-electron chi connectivity index (χ3n) is 3.92. The summed E-state index contributed by atoms with van der Waals surface area (Å²) in [5.41, 5.74) is 8.23. The van der Waals surface area contributed by atoms with E-state index in [-0.39, 0.29) is 17.3 Å². The van der Waals surface area contributed by atoms with E-state index in [4.69, 9.17) is 10.5 Å². The van der Waals surface area contributed by atoms with Gasteiger partial charge in [0.15, 0.2) is 0 Å². The molecule has 1 aromatic rings. The number of hydrogen-bond donors (Lipinski definition) is 1. The van der Waals surface area contributed by atoms with Crippen LogP contribution in [0.3, 0.4) is 0 Å². The van der Waals surface area contributed by atoms with Crippen molar-refractivity contribution >= 4 is 5.71 Å². The van der Waals surface area contributed by atoms with Crippen LogP contribution in [0.1, 0.15) is 31.2 Å². The number of aliphatic imine (C=N–C) groups is 1. The van der Waals surface area contributed by atoms with Crippen molar-refractivity contribution in [2.45, 2.75) is 25.7 Å². The van der Waals surface area contributed by atoms with Gasteiger partial charge in [0.05, 0.1) is 12.5 Å². The number of ether oxygens (including phenoxy) is 1. The number of halogens is 1. The van der Waals surface area contributed by atoms with Gasteiger partial charge in [-0.25, -0.2) is 4.39 Å². The zero-order valence-electron chi connectivity index (χ0n) is 12.3. The molecule has 0 aliphatic carbocycles. The van der Waals surface area contributed by atoms with Gasteiger partial charge in [-0.15, -0.1) is 0 Å². The molecular weight excluding hydrogens is 281 g/mol. The van der Waals surface area contributed by atoms with Gasteiger partial charge in [0, 0.05) is 16.8 Å². The Bertz CT molecular complexity index is 755. The van der Waals surface area contributed by atoms with E-state index in [1.54, 1.807) is 18.2 Å². The average Bonchev–Trinajstić information content (AvgIpc) is 2.89. The van der Waals surface area contributed by atoms with Crippen molar-refractivity contribution in [2.75, 3.05) is 6.54 Å². The smallest absolute Gasteiger partial charge is 0.205 e. The molecule has 112 valence electrons. The van der Waals surface area contributed by atoms with Crippen LogP contribution in [0.4, 0.5) is 4.39 Å². The average molecular weight is 297 g/mol. The Morgan fingerprint density at radius 2 is 2.23 bits per heavy atom. The second-order valence-corrected chi connectivity index (χ2v) is 5.30. The molecule has 1 unspecified atom stereocenters. The van der Waals surface area contributed by atoms with Crippen LogP contribution in [0.2, 0.25) is 0 Å². The van der Waals surface area contributed by atoms with Crippen LogP contribution in [0.25, 0.3) is 0 Å². The van der Waals surface area contributed by atoms with Gasteiger partial charge < -0.3 is 10.5 Å². The second-order valence-electron chi connectivity index (χ2n) is 5.30. The van der Waals surface area contributed by atoms with Gasteiger partial charge in [0.25, 0.3) is 0 Å². The molecule has 1 atom stereocenters. The summed E-state index contributed by atoms with van der Waals surface area (Å²) in [5, 5.41) is 9.47. The zero-order chi connectivity index (χ0) is 15.7. The first-order valence-corrected chi connectivity index (χ1v) is 7.26. The second kappa shape index (κ2) is 5.64. The standard InChI is InChI=1S/C17H16FN3O/c1-2-5-13-16-14(9-21-13)22-17(20)11(8-19)15(16)10-6-3-4-7-12(10)18/h3-4,6-7,15H,2,5,9,20H2,1H3. The van der Waals surface area contributed by atoms with Crippen LogP contribution in [-0.4, -0.2) is 12.3 Å². The quantitative estimate of drug-likeness (QED) is 0.931. The first-order chi connectivity index (χ1) is 10.7. The lowest BCUT2D eigenvalue weighted by Gasteiger charge is -2.26. The molecule has 5 heteroatoms. The minimum absolute atomic E-state index is 0.0439. The van der Waals surface area contributed by atoms with Crippen molar-refractivity contribution in [1.82, 2.24) is 0 Å². The van der Waals surface area contributed by atoms with Gasteiger partial charge in [-0.3, -0.25) is 4.99 Å². The van der Waals surface area contributed by atoms with Crippen LogP contribution in [-0.2, 0) is 4.74 Å². The molecule has 3 rings (SSSR count). The molecular formula is C17H16FN3O. The molecule has 2 aliphatic rings. The van der Waals surface area contributed by atoms with E-state index in [0.29, 0.717) is 17.9 Å². The summed E-state index contributed by atoms with van der Waals surface area (Å²) in [7, 11) is 0. The Labute approximate surface area is 128 Å². The topological polar surface area (TPSA) is 71.4 Å². The molecule has 0 radical (unpaired) electrons. The third-order valence-corrected chi connectivity index (χ3v) is 3.92. The molecule has 0 aromatic heterocycles. The molecule has 0 fully saturated rings. The van der Waals surface area contributed by atoms with E-state index in [2.05, 4.69) is 18.0 Å². The maximum absolute atomic E-state index is 14.3. The van der Waals surface area contributed by atoms with Crippen molar-refractivity contribution in [3.05, 3.63) is 58.4 Å². The molecule has 0 bridgehead atoms. The van der Waals surface area contributed by atoms with Crippen LogP contribution in [0, 0.1) is 17.1 Å². The molecule has 2 heterocycles. The molecule has 1 aromatic carbocycles. The van der Waals surface area contributed by atoms with Gasteiger partial charge in [-0.2, -0.15) is 5.26 Å². The molecule has 4 nitrogen and oxygen atoms in total. The molecule has 0 saturated carbocycles. The monoisotopic (exact) mass is 297 g/mol. The largest absolute Gasteiger partial charge is 0.443 e. The SMILES string of the molecule is CCCC1=NCC2=C1C(c1ccccc1F)C(C#N)=C(N)O2. The highest BCUT2D eigenvalue weighted by atomic mass is 19.1. The van der Waals surface area contributed by atoms with Gasteiger partial charge >= 0.3 is 0 Å². The third kappa shape index (κ3) is 2.17. The number of allylic oxidation sites excluding steroid dienone is 2. The summed E-state index contributed by atoms with van der Waals surface area (Å²) in [6.07, 6.45) is 1.69. The maximum atomic E-state index is 14.3. The Hall–Kier alpha value is -2.61. The Morgan fingerprint density at radius 3 is 2.91 bits per heavy atom. The predicted molar refractivity (Wildman–Crippen MR) is 81.3 cm³/mol. The van der Waals surface area contributed by atoms with Crippen LogP contribution >= 0.6 is 0 Å². The molecule has 2 aliphatic heterocycles. The Balaban J connectivity index is 2.17. The summed E-state index contributed by atoms with van der Waals surface area (Å²) < 4.78 is 19.9. The fourth-order valence-electron chi connectivity index (χ4n) is 2.98. The van der Waals surface area contributed by atoms with Gasteiger partial charge in [0.2, 0.25) is 5.88 Å². The van der Waals surface area contributed by atoms with Crippen molar-refractivity contribution in [1.29, 1.82) is 5.26 Å². The Morgan fingerprint density at radius 1 is 1.45 bits per heavy atom. The van der Waals surface area contributed by atoms with Crippen LogP contribution in [0.5, 0.6) is 0 Å². The summed E-state index contributed by atoms with van der Waals surface area (Å²) in [5.74, 6) is -0.219. The number of hydrogen-bond acceptors (Lipinski definition) is 4. The predicted octanol–water partition coefficient (Wildman–Crippen LogP) is 3.14. The number of nitrogens with zero attached hydrogens (tertiary/aromatic N) is 2. The summed E-state index contributed by atoms with van der Waals surface area (Å²) in [6, 6.07) is 8.53. The van der Waals surface area contributed by atoms with Crippen molar-refractivity contribution < 1.29 is 9.13 Å². The fraction of sp³-hybridized carbons (Fsp3) is 0.294. The highest BCUT2D eigenvalue weighted by molar-refractivity contribution is 6.04. The first-order valence-electron chi connectivity index (χ1n) is 7.26. The van der Waals surface area contributed by atoms with E-state index in [9.17, 15) is 9.65 Å². The highest BCUT2D eigenvalue weighted by Crippen LogP contribution is 2.43. The first kappa shape index (κ1) is 14.3. The number of rotatable bonds is 3. The highest BCUT2D eigenvalue weighted by Gasteiger charge is 2.38. The maximum Gasteiger partial charge on any atom is 0.205 e. The minimum Gasteiger partial charge on any atom is -0.443 e. The van der Waals surface area contributed by atoms with Gasteiger partial charge in [-0.05, 0) is 12.5 Å². The minimum atomic E-state index is -0.539. The normalized spacial score (nSPS) is 20.4. The van der Waals surface area contributed by atoms with E-state index in [1.807, 2.05) is 0 Å². The van der Waals surface area contributed by atoms with Crippen LogP contribution in [0.15, 0.2) is 52.0 Å². The number of nitriles is 1. The van der Waals surface area contributed by atoms with Crippen LogP contribution < -0.4 is 5.73 Å². The van der Waals surface area contributed by atoms with E-state index in [0.717, 1.165) is 24.1 Å². The summed E-state index contributed by atoms with van der Waals surface area (Å²) in [6.45, 7) is 2.45. The van der Waals surface area contributed by atoms with Gasteiger partial charge in [0.1, 0.15) is 23.2 Å². The lowest BCUT2D eigenvalue weighted by atomic mass is 9.80. The van der Waals surface area contributed by atoms with E-state index >= 15 is 0 Å².